The quantitative estimate of drug-likeness (QED) is 0.585. The van der Waals surface area contributed by atoms with Crippen LogP contribution in [0.3, 0.4) is 0 Å². The summed E-state index contributed by atoms with van der Waals surface area (Å²) < 4.78 is 7.15. The molecule has 134 valence electrons. The number of hydrogen-bond acceptors (Lipinski definition) is 4. The summed E-state index contributed by atoms with van der Waals surface area (Å²) in [5, 5.41) is 6.79. The summed E-state index contributed by atoms with van der Waals surface area (Å²) in [6.07, 6.45) is 3.94. The van der Waals surface area contributed by atoms with Crippen molar-refractivity contribution in [1.29, 1.82) is 0 Å². The molecule has 0 fully saturated rings. The van der Waals surface area contributed by atoms with Crippen LogP contribution in [0.5, 0.6) is 0 Å². The van der Waals surface area contributed by atoms with Gasteiger partial charge >= 0.3 is 11.8 Å². The van der Waals surface area contributed by atoms with Gasteiger partial charge < -0.3 is 14.4 Å². The zero-order valence-electron chi connectivity index (χ0n) is 14.7. The summed E-state index contributed by atoms with van der Waals surface area (Å²) in [7, 11) is 0. The van der Waals surface area contributed by atoms with Gasteiger partial charge in [-0.3, -0.25) is 4.79 Å². The Morgan fingerprint density at radius 1 is 1.00 bits per heavy atom. The Bertz CT molecular complexity index is 1020. The minimum Gasteiger partial charge on any atom is -0.341 e. The largest absolute Gasteiger partial charge is 0.341 e. The zero-order chi connectivity index (χ0) is 18.6. The maximum absolute atomic E-state index is 12.4. The molecule has 0 aliphatic carbocycles. The van der Waals surface area contributed by atoms with E-state index in [1.807, 2.05) is 90.6 Å². The Labute approximate surface area is 156 Å². The van der Waals surface area contributed by atoms with Gasteiger partial charge in [0.15, 0.2) is 0 Å². The molecule has 4 rings (SSSR count). The van der Waals surface area contributed by atoms with Crippen LogP contribution in [0.25, 0.3) is 17.1 Å². The molecule has 0 saturated carbocycles. The maximum atomic E-state index is 12.4. The van der Waals surface area contributed by atoms with Gasteiger partial charge in [0, 0.05) is 23.6 Å². The van der Waals surface area contributed by atoms with Crippen molar-refractivity contribution in [2.45, 2.75) is 13.0 Å². The van der Waals surface area contributed by atoms with E-state index in [1.165, 1.54) is 0 Å². The summed E-state index contributed by atoms with van der Waals surface area (Å²) in [6.45, 7) is 1.91. The minimum absolute atomic E-state index is 0.0535. The van der Waals surface area contributed by atoms with E-state index < -0.39 is 5.91 Å². The van der Waals surface area contributed by atoms with Crippen molar-refractivity contribution in [1.82, 2.24) is 20.0 Å². The van der Waals surface area contributed by atoms with E-state index in [2.05, 4.69) is 15.5 Å². The van der Waals surface area contributed by atoms with Gasteiger partial charge in [-0.15, -0.1) is 0 Å². The number of benzene rings is 2. The van der Waals surface area contributed by atoms with Crippen molar-refractivity contribution in [3.05, 3.63) is 90.6 Å². The van der Waals surface area contributed by atoms with Gasteiger partial charge in [-0.1, -0.05) is 35.5 Å². The van der Waals surface area contributed by atoms with Crippen molar-refractivity contribution < 1.29 is 9.32 Å². The number of rotatable bonds is 5. The second-order valence-electron chi connectivity index (χ2n) is 6.17. The second kappa shape index (κ2) is 7.29. The third-order valence-corrected chi connectivity index (χ3v) is 4.30. The first-order valence-corrected chi connectivity index (χ1v) is 8.64. The lowest BCUT2D eigenvalue weighted by Crippen LogP contribution is -2.26. The molecule has 0 aliphatic rings. The Morgan fingerprint density at radius 3 is 2.41 bits per heavy atom. The number of carbonyl (C=O) groups is 1. The zero-order valence-corrected chi connectivity index (χ0v) is 14.7. The standard InChI is InChI=1S/C21H18N4O2/c1-15(16-7-3-2-4-8-16)22-20(26)21-23-19(24-27-21)17-9-11-18(12-10-17)25-13-5-6-14-25/h2-15H,1H3,(H,22,26). The van der Waals surface area contributed by atoms with Gasteiger partial charge in [0.2, 0.25) is 5.82 Å². The molecule has 0 radical (unpaired) electrons. The van der Waals surface area contributed by atoms with Crippen LogP contribution < -0.4 is 5.32 Å². The number of carbonyl (C=O) groups excluding carboxylic acids is 1. The number of aromatic nitrogens is 3. The van der Waals surface area contributed by atoms with E-state index >= 15 is 0 Å². The van der Waals surface area contributed by atoms with Gasteiger partial charge in [-0.2, -0.15) is 4.98 Å². The van der Waals surface area contributed by atoms with E-state index in [0.29, 0.717) is 5.82 Å². The maximum Gasteiger partial charge on any atom is 0.316 e. The molecule has 0 bridgehead atoms. The molecule has 1 unspecified atom stereocenters. The molecular formula is C21H18N4O2. The molecule has 0 aliphatic heterocycles. The molecule has 1 N–H and O–H groups in total. The van der Waals surface area contributed by atoms with Crippen LogP contribution in [0.4, 0.5) is 0 Å². The van der Waals surface area contributed by atoms with Crippen molar-refractivity contribution in [2.75, 3.05) is 0 Å². The van der Waals surface area contributed by atoms with Gasteiger partial charge in [0.1, 0.15) is 0 Å². The molecule has 2 aromatic carbocycles. The fourth-order valence-corrected chi connectivity index (χ4v) is 2.81. The normalized spacial score (nSPS) is 11.9. The molecule has 6 nitrogen and oxygen atoms in total. The molecular weight excluding hydrogens is 340 g/mol. The van der Waals surface area contributed by atoms with Crippen molar-refractivity contribution in [3.63, 3.8) is 0 Å². The first-order valence-electron chi connectivity index (χ1n) is 8.64. The molecule has 6 heteroatoms. The Morgan fingerprint density at radius 2 is 1.70 bits per heavy atom. The number of amides is 1. The summed E-state index contributed by atoms with van der Waals surface area (Å²) >= 11 is 0. The van der Waals surface area contributed by atoms with Crippen LogP contribution in [-0.4, -0.2) is 20.6 Å². The second-order valence-corrected chi connectivity index (χ2v) is 6.17. The number of nitrogens with one attached hydrogen (secondary N) is 1. The first-order chi connectivity index (χ1) is 13.2. The van der Waals surface area contributed by atoms with Crippen LogP contribution >= 0.6 is 0 Å². The van der Waals surface area contributed by atoms with Gasteiger partial charge in [0.25, 0.3) is 0 Å². The van der Waals surface area contributed by atoms with E-state index in [1.54, 1.807) is 0 Å². The average molecular weight is 358 g/mol. The molecule has 2 aromatic heterocycles. The number of hydrogen-bond donors (Lipinski definition) is 1. The lowest BCUT2D eigenvalue weighted by Gasteiger charge is -2.12. The van der Waals surface area contributed by atoms with Gasteiger partial charge in [-0.05, 0) is 48.9 Å². The van der Waals surface area contributed by atoms with Gasteiger partial charge in [-0.25, -0.2) is 0 Å². The highest BCUT2D eigenvalue weighted by atomic mass is 16.5. The van der Waals surface area contributed by atoms with Crippen molar-refractivity contribution in [3.8, 4) is 17.1 Å². The molecule has 2 heterocycles. The van der Waals surface area contributed by atoms with E-state index in [0.717, 1.165) is 16.8 Å². The summed E-state index contributed by atoms with van der Waals surface area (Å²) in [5.41, 5.74) is 2.82. The smallest absolute Gasteiger partial charge is 0.316 e. The number of nitrogens with zero attached hydrogens (tertiary/aromatic N) is 3. The Hall–Kier alpha value is -3.67. The topological polar surface area (TPSA) is 73.0 Å². The summed E-state index contributed by atoms with van der Waals surface area (Å²) in [4.78, 5) is 16.6. The highest BCUT2D eigenvalue weighted by molar-refractivity contribution is 5.90. The third kappa shape index (κ3) is 3.64. The predicted molar refractivity (Wildman–Crippen MR) is 101 cm³/mol. The highest BCUT2D eigenvalue weighted by Crippen LogP contribution is 2.19. The molecule has 27 heavy (non-hydrogen) atoms. The van der Waals surface area contributed by atoms with Crippen LogP contribution in [0.15, 0.2) is 83.6 Å². The highest BCUT2D eigenvalue weighted by Gasteiger charge is 2.18. The predicted octanol–water partition coefficient (Wildman–Crippen LogP) is 4.02. The summed E-state index contributed by atoms with van der Waals surface area (Å²) in [5.74, 6) is -0.0668. The monoisotopic (exact) mass is 358 g/mol. The van der Waals surface area contributed by atoms with E-state index in [9.17, 15) is 4.79 Å². The fraction of sp³-hybridized carbons (Fsp3) is 0.0952. The summed E-state index contributed by atoms with van der Waals surface area (Å²) in [6, 6.07) is 21.2. The molecule has 4 aromatic rings. The molecule has 0 saturated heterocycles. The van der Waals surface area contributed by atoms with Gasteiger partial charge in [0.05, 0.1) is 6.04 Å². The molecule has 0 spiro atoms. The fourth-order valence-electron chi connectivity index (χ4n) is 2.81. The van der Waals surface area contributed by atoms with E-state index in [-0.39, 0.29) is 11.9 Å². The van der Waals surface area contributed by atoms with Crippen LogP contribution in [0.2, 0.25) is 0 Å². The van der Waals surface area contributed by atoms with Crippen LogP contribution in [0.1, 0.15) is 29.2 Å². The Kier molecular flexibility index (Phi) is 4.53. The average Bonchev–Trinajstić information content (AvgIpc) is 3.41. The van der Waals surface area contributed by atoms with Crippen LogP contribution in [0, 0.1) is 0 Å². The third-order valence-electron chi connectivity index (χ3n) is 4.30. The van der Waals surface area contributed by atoms with Crippen molar-refractivity contribution >= 4 is 5.91 Å². The first kappa shape index (κ1) is 16.8. The van der Waals surface area contributed by atoms with Crippen LogP contribution in [-0.2, 0) is 0 Å². The van der Waals surface area contributed by atoms with E-state index in [4.69, 9.17) is 4.52 Å². The Balaban J connectivity index is 1.47. The van der Waals surface area contributed by atoms with Crippen molar-refractivity contribution in [2.24, 2.45) is 0 Å². The lowest BCUT2D eigenvalue weighted by atomic mass is 10.1. The lowest BCUT2D eigenvalue weighted by molar-refractivity contribution is 0.0895. The molecule has 1 amide bonds. The SMILES string of the molecule is CC(NC(=O)c1nc(-c2ccc(-n3cccc3)cc2)no1)c1ccccc1. The molecule has 1 atom stereocenters. The minimum atomic E-state index is -0.394.